The van der Waals surface area contributed by atoms with Crippen molar-refractivity contribution in [2.24, 2.45) is 5.92 Å². The highest BCUT2D eigenvalue weighted by atomic mass is 35.5. The van der Waals surface area contributed by atoms with Crippen LogP contribution in [-0.4, -0.2) is 22.9 Å². The van der Waals surface area contributed by atoms with E-state index in [1.54, 1.807) is 0 Å². The lowest BCUT2D eigenvalue weighted by Crippen LogP contribution is -2.41. The van der Waals surface area contributed by atoms with E-state index in [1.165, 1.54) is 12.8 Å². The van der Waals surface area contributed by atoms with Gasteiger partial charge in [-0.25, -0.2) is 0 Å². The Hall–Kier alpha value is -1.06. The fraction of sp³-hybridized carbons (Fsp3) is 0.588. The van der Waals surface area contributed by atoms with Gasteiger partial charge in [-0.3, -0.25) is 10.1 Å². The smallest absolute Gasteiger partial charge is 0.241 e. The molecule has 1 aromatic rings. The largest absolute Gasteiger partial charge is 0.318 e. The maximum Gasteiger partial charge on any atom is 0.241 e. The molecule has 1 saturated heterocycles. The van der Waals surface area contributed by atoms with E-state index in [4.69, 9.17) is 11.6 Å². The predicted molar refractivity (Wildman–Crippen MR) is 85.1 cm³/mol. The van der Waals surface area contributed by atoms with E-state index in [-0.39, 0.29) is 18.1 Å². The first-order valence-electron chi connectivity index (χ1n) is 7.95. The Kier molecular flexibility index (Phi) is 4.23. The first kappa shape index (κ1) is 14.9. The number of carbonyl (C=O) groups is 1. The average Bonchev–Trinajstić information content (AvgIpc) is 3.02. The van der Waals surface area contributed by atoms with Crippen LogP contribution in [0, 0.1) is 5.92 Å². The highest BCUT2D eigenvalue weighted by Crippen LogP contribution is 2.38. The second-order valence-corrected chi connectivity index (χ2v) is 6.74. The second kappa shape index (κ2) is 5.98. The monoisotopic (exact) mass is 306 g/mol. The van der Waals surface area contributed by atoms with Crippen molar-refractivity contribution in [3.63, 3.8) is 0 Å². The Labute approximate surface area is 131 Å². The van der Waals surface area contributed by atoms with Crippen LogP contribution >= 0.6 is 11.6 Å². The van der Waals surface area contributed by atoms with Gasteiger partial charge in [-0.2, -0.15) is 0 Å². The van der Waals surface area contributed by atoms with Crippen molar-refractivity contribution in [2.75, 3.05) is 0 Å². The summed E-state index contributed by atoms with van der Waals surface area (Å²) in [6.45, 7) is 4.32. The zero-order chi connectivity index (χ0) is 15.0. The Balaban J connectivity index is 1.94. The number of hydrogen-bond acceptors (Lipinski definition) is 2. The minimum atomic E-state index is -0.0678. The van der Waals surface area contributed by atoms with E-state index in [1.807, 2.05) is 18.2 Å². The minimum Gasteiger partial charge on any atom is -0.318 e. The van der Waals surface area contributed by atoms with Gasteiger partial charge in [0.25, 0.3) is 0 Å². The highest BCUT2D eigenvalue weighted by Gasteiger charge is 2.44. The number of halogens is 1. The number of rotatable bonds is 3. The standard InChI is InChI=1S/C17H23ClN2O/c1-3-14-17(21)20(15-9-4-6-11(15)2)16(19-14)12-7-5-8-13(18)10-12/h5,7-8,10-11,14-16,19H,3-4,6,9H2,1-2H3. The summed E-state index contributed by atoms with van der Waals surface area (Å²) in [5.41, 5.74) is 1.09. The van der Waals surface area contributed by atoms with Crippen LogP contribution < -0.4 is 5.32 Å². The summed E-state index contributed by atoms with van der Waals surface area (Å²) in [4.78, 5) is 14.9. The van der Waals surface area contributed by atoms with Crippen molar-refractivity contribution in [3.8, 4) is 0 Å². The lowest BCUT2D eigenvalue weighted by Gasteiger charge is -2.33. The molecule has 1 saturated carbocycles. The number of carbonyl (C=O) groups excluding carboxylic acids is 1. The van der Waals surface area contributed by atoms with Gasteiger partial charge in [0.2, 0.25) is 5.91 Å². The molecule has 1 aromatic carbocycles. The van der Waals surface area contributed by atoms with E-state index < -0.39 is 0 Å². The first-order valence-corrected chi connectivity index (χ1v) is 8.33. The molecule has 3 nitrogen and oxygen atoms in total. The van der Waals surface area contributed by atoms with Crippen LogP contribution in [0.2, 0.25) is 5.02 Å². The fourth-order valence-electron chi connectivity index (χ4n) is 3.77. The maximum absolute atomic E-state index is 12.8. The van der Waals surface area contributed by atoms with Gasteiger partial charge in [-0.15, -0.1) is 0 Å². The quantitative estimate of drug-likeness (QED) is 0.922. The van der Waals surface area contributed by atoms with Crippen molar-refractivity contribution in [3.05, 3.63) is 34.9 Å². The van der Waals surface area contributed by atoms with Gasteiger partial charge in [0.1, 0.15) is 6.17 Å². The van der Waals surface area contributed by atoms with Gasteiger partial charge in [0.05, 0.1) is 6.04 Å². The zero-order valence-electron chi connectivity index (χ0n) is 12.7. The average molecular weight is 307 g/mol. The third-order valence-corrected chi connectivity index (χ3v) is 5.17. The highest BCUT2D eigenvalue weighted by molar-refractivity contribution is 6.30. The van der Waals surface area contributed by atoms with Crippen LogP contribution in [0.15, 0.2) is 24.3 Å². The number of hydrogen-bond donors (Lipinski definition) is 1. The molecule has 21 heavy (non-hydrogen) atoms. The van der Waals surface area contributed by atoms with Crippen molar-refractivity contribution in [1.29, 1.82) is 0 Å². The number of nitrogens with one attached hydrogen (secondary N) is 1. The first-order chi connectivity index (χ1) is 10.1. The normalized spacial score (nSPS) is 32.9. The molecule has 1 N–H and O–H groups in total. The number of benzene rings is 1. The van der Waals surface area contributed by atoms with Gasteiger partial charge >= 0.3 is 0 Å². The van der Waals surface area contributed by atoms with Crippen molar-refractivity contribution in [2.45, 2.75) is 57.8 Å². The van der Waals surface area contributed by atoms with Crippen molar-refractivity contribution < 1.29 is 4.79 Å². The molecule has 1 amide bonds. The van der Waals surface area contributed by atoms with Gasteiger partial charge in [0, 0.05) is 11.1 Å². The molecule has 0 spiro atoms. The predicted octanol–water partition coefficient (Wildman–Crippen LogP) is 3.74. The van der Waals surface area contributed by atoms with E-state index in [9.17, 15) is 4.79 Å². The molecule has 3 rings (SSSR count). The minimum absolute atomic E-state index is 0.0355. The molecule has 4 unspecified atom stereocenters. The number of amides is 1. The molecule has 0 aromatic heterocycles. The molecule has 4 heteroatoms. The molecule has 4 atom stereocenters. The van der Waals surface area contributed by atoms with Crippen LogP contribution in [-0.2, 0) is 4.79 Å². The Bertz CT molecular complexity index is 533. The molecule has 0 radical (unpaired) electrons. The van der Waals surface area contributed by atoms with Crippen LogP contribution in [0.4, 0.5) is 0 Å². The van der Waals surface area contributed by atoms with Crippen molar-refractivity contribution in [1.82, 2.24) is 10.2 Å². The third-order valence-electron chi connectivity index (χ3n) is 4.94. The zero-order valence-corrected chi connectivity index (χ0v) is 13.4. The molecule has 114 valence electrons. The maximum atomic E-state index is 12.8. The molecule has 0 bridgehead atoms. The van der Waals surface area contributed by atoms with Crippen LogP contribution in [0.25, 0.3) is 0 Å². The summed E-state index contributed by atoms with van der Waals surface area (Å²) in [7, 11) is 0. The molecule has 2 fully saturated rings. The third kappa shape index (κ3) is 2.69. The second-order valence-electron chi connectivity index (χ2n) is 6.31. The summed E-state index contributed by atoms with van der Waals surface area (Å²) in [5.74, 6) is 0.828. The van der Waals surface area contributed by atoms with Gasteiger partial charge in [0.15, 0.2) is 0 Å². The number of nitrogens with zero attached hydrogens (tertiary/aromatic N) is 1. The topological polar surface area (TPSA) is 32.3 Å². The van der Waals surface area contributed by atoms with Crippen LogP contribution in [0.3, 0.4) is 0 Å². The van der Waals surface area contributed by atoms with Crippen LogP contribution in [0.1, 0.15) is 51.3 Å². The molecular formula is C17H23ClN2O. The molecular weight excluding hydrogens is 284 g/mol. The fourth-order valence-corrected chi connectivity index (χ4v) is 3.97. The van der Waals surface area contributed by atoms with E-state index >= 15 is 0 Å². The molecule has 1 heterocycles. The molecule has 1 aliphatic carbocycles. The lowest BCUT2D eigenvalue weighted by molar-refractivity contribution is -0.133. The lowest BCUT2D eigenvalue weighted by atomic mass is 10.0. The Morgan fingerprint density at radius 3 is 2.81 bits per heavy atom. The summed E-state index contributed by atoms with van der Waals surface area (Å²) < 4.78 is 0. The van der Waals surface area contributed by atoms with E-state index in [0.717, 1.165) is 23.4 Å². The molecule has 1 aliphatic heterocycles. The van der Waals surface area contributed by atoms with Gasteiger partial charge in [-0.05, 0) is 42.9 Å². The SMILES string of the molecule is CCC1NC(c2cccc(Cl)c2)N(C2CCCC2C)C1=O. The van der Waals surface area contributed by atoms with Crippen molar-refractivity contribution >= 4 is 17.5 Å². The summed E-state index contributed by atoms with van der Waals surface area (Å²) in [6, 6.07) is 8.15. The van der Waals surface area contributed by atoms with Crippen LogP contribution in [0.5, 0.6) is 0 Å². The summed E-state index contributed by atoms with van der Waals surface area (Å²) in [5, 5.41) is 4.22. The Morgan fingerprint density at radius 2 is 2.19 bits per heavy atom. The molecule has 2 aliphatic rings. The summed E-state index contributed by atoms with van der Waals surface area (Å²) in [6.07, 6.45) is 4.34. The van der Waals surface area contributed by atoms with E-state index in [0.29, 0.717) is 12.0 Å². The summed E-state index contributed by atoms with van der Waals surface area (Å²) >= 11 is 6.13. The van der Waals surface area contributed by atoms with E-state index in [2.05, 4.69) is 30.1 Å². The Morgan fingerprint density at radius 1 is 1.38 bits per heavy atom. The van der Waals surface area contributed by atoms with Gasteiger partial charge in [-0.1, -0.05) is 44.0 Å². The van der Waals surface area contributed by atoms with Gasteiger partial charge < -0.3 is 4.90 Å².